The number of benzene rings is 2. The highest BCUT2D eigenvalue weighted by molar-refractivity contribution is 9.10. The standard InChI is InChI=1S/C16H14BrCl3N2O2/c17-10-2-5-15(14(20)8-10)24-7-1-6-21-16(23)22-11-3-4-12(18)13(19)9-11/h2-5,8-9H,1,6-7H2,(H2,21,22,23). The second kappa shape index (κ2) is 9.37. The molecule has 0 aliphatic carbocycles. The van der Waals surface area contributed by atoms with Gasteiger partial charge in [0, 0.05) is 16.7 Å². The molecule has 0 unspecified atom stereocenters. The molecule has 2 rings (SSSR count). The Morgan fingerprint density at radius 3 is 2.54 bits per heavy atom. The zero-order chi connectivity index (χ0) is 17.5. The molecule has 2 aromatic carbocycles. The summed E-state index contributed by atoms with van der Waals surface area (Å²) in [6, 6.07) is 9.96. The van der Waals surface area contributed by atoms with E-state index in [0.717, 1.165) is 4.47 Å². The maximum Gasteiger partial charge on any atom is 0.319 e. The molecule has 24 heavy (non-hydrogen) atoms. The molecular formula is C16H14BrCl3N2O2. The molecule has 0 saturated carbocycles. The molecule has 0 aromatic heterocycles. The molecule has 0 radical (unpaired) electrons. The van der Waals surface area contributed by atoms with E-state index in [2.05, 4.69) is 26.6 Å². The third-order valence-electron chi connectivity index (χ3n) is 2.94. The van der Waals surface area contributed by atoms with Gasteiger partial charge >= 0.3 is 6.03 Å². The van der Waals surface area contributed by atoms with Gasteiger partial charge < -0.3 is 15.4 Å². The van der Waals surface area contributed by atoms with Crippen LogP contribution in [-0.4, -0.2) is 19.2 Å². The van der Waals surface area contributed by atoms with Crippen LogP contribution in [0.2, 0.25) is 15.1 Å². The first kappa shape index (κ1) is 19.2. The minimum atomic E-state index is -0.324. The number of carbonyl (C=O) groups excluding carboxylic acids is 1. The molecule has 0 bridgehead atoms. The average Bonchev–Trinajstić information content (AvgIpc) is 2.52. The largest absolute Gasteiger partial charge is 0.492 e. The van der Waals surface area contributed by atoms with Gasteiger partial charge in [-0.05, 0) is 42.8 Å². The zero-order valence-electron chi connectivity index (χ0n) is 12.4. The number of urea groups is 1. The first-order chi connectivity index (χ1) is 11.5. The van der Waals surface area contributed by atoms with Crippen LogP contribution in [0.1, 0.15) is 6.42 Å². The van der Waals surface area contributed by atoms with Crippen molar-refractivity contribution in [1.29, 1.82) is 0 Å². The Labute approximate surface area is 163 Å². The maximum absolute atomic E-state index is 11.8. The number of halogens is 4. The van der Waals surface area contributed by atoms with E-state index < -0.39 is 0 Å². The van der Waals surface area contributed by atoms with Crippen LogP contribution in [0.3, 0.4) is 0 Å². The third kappa shape index (κ3) is 6.06. The van der Waals surface area contributed by atoms with Crippen molar-refractivity contribution in [3.8, 4) is 5.75 Å². The Morgan fingerprint density at radius 2 is 1.83 bits per heavy atom. The zero-order valence-corrected chi connectivity index (χ0v) is 16.3. The molecule has 2 aromatic rings. The Hall–Kier alpha value is -1.14. The van der Waals surface area contributed by atoms with Crippen LogP contribution >= 0.6 is 50.7 Å². The molecule has 4 nitrogen and oxygen atoms in total. The number of hydrogen-bond donors (Lipinski definition) is 2. The minimum absolute atomic E-state index is 0.324. The van der Waals surface area contributed by atoms with E-state index in [1.54, 1.807) is 30.3 Å². The lowest BCUT2D eigenvalue weighted by Crippen LogP contribution is -2.30. The summed E-state index contributed by atoms with van der Waals surface area (Å²) in [5.74, 6) is 0.611. The predicted octanol–water partition coefficient (Wildman–Crippen LogP) is 6.00. The minimum Gasteiger partial charge on any atom is -0.492 e. The van der Waals surface area contributed by atoms with Crippen molar-refractivity contribution < 1.29 is 9.53 Å². The third-order valence-corrected chi connectivity index (χ3v) is 4.46. The van der Waals surface area contributed by atoms with Crippen molar-refractivity contribution in [3.05, 3.63) is 55.9 Å². The SMILES string of the molecule is O=C(NCCCOc1ccc(Br)cc1Cl)Nc1ccc(Cl)c(Cl)c1. The van der Waals surface area contributed by atoms with Gasteiger partial charge in [0.15, 0.2) is 0 Å². The molecule has 0 heterocycles. The summed E-state index contributed by atoms with van der Waals surface area (Å²) in [5.41, 5.74) is 0.569. The maximum atomic E-state index is 11.8. The molecule has 2 N–H and O–H groups in total. The lowest BCUT2D eigenvalue weighted by atomic mass is 10.3. The number of hydrogen-bond acceptors (Lipinski definition) is 2. The smallest absolute Gasteiger partial charge is 0.319 e. The highest BCUT2D eigenvalue weighted by Gasteiger charge is 2.05. The molecule has 0 spiro atoms. The van der Waals surface area contributed by atoms with Gasteiger partial charge in [-0.3, -0.25) is 0 Å². The second-order valence-electron chi connectivity index (χ2n) is 4.79. The average molecular weight is 453 g/mol. The Kier molecular flexibility index (Phi) is 7.49. The number of nitrogens with one attached hydrogen (secondary N) is 2. The Bertz CT molecular complexity index is 728. The van der Waals surface area contributed by atoms with Gasteiger partial charge in [-0.15, -0.1) is 0 Å². The van der Waals surface area contributed by atoms with Gasteiger partial charge in [0.1, 0.15) is 5.75 Å². The van der Waals surface area contributed by atoms with Crippen LogP contribution in [0.5, 0.6) is 5.75 Å². The van der Waals surface area contributed by atoms with Crippen LogP contribution < -0.4 is 15.4 Å². The van der Waals surface area contributed by atoms with Gasteiger partial charge in [-0.25, -0.2) is 4.79 Å². The molecule has 0 aliphatic heterocycles. The fraction of sp³-hybridized carbons (Fsp3) is 0.188. The summed E-state index contributed by atoms with van der Waals surface area (Å²) < 4.78 is 6.45. The first-order valence-electron chi connectivity index (χ1n) is 7.03. The first-order valence-corrected chi connectivity index (χ1v) is 8.96. The monoisotopic (exact) mass is 450 g/mol. The number of ether oxygens (including phenoxy) is 1. The molecule has 0 aliphatic rings. The number of carbonyl (C=O) groups is 1. The van der Waals surface area contributed by atoms with Crippen LogP contribution in [-0.2, 0) is 0 Å². The van der Waals surface area contributed by atoms with E-state index in [-0.39, 0.29) is 6.03 Å². The molecule has 128 valence electrons. The van der Waals surface area contributed by atoms with Crippen molar-refractivity contribution in [3.63, 3.8) is 0 Å². The summed E-state index contributed by atoms with van der Waals surface area (Å²) in [6.07, 6.45) is 0.640. The van der Waals surface area contributed by atoms with Crippen molar-refractivity contribution in [2.45, 2.75) is 6.42 Å². The van der Waals surface area contributed by atoms with Crippen molar-refractivity contribution in [1.82, 2.24) is 5.32 Å². The number of anilines is 1. The van der Waals surface area contributed by atoms with Crippen LogP contribution in [0.25, 0.3) is 0 Å². The molecule has 2 amide bonds. The van der Waals surface area contributed by atoms with Crippen molar-refractivity contribution in [2.24, 2.45) is 0 Å². The van der Waals surface area contributed by atoms with E-state index in [9.17, 15) is 4.79 Å². The highest BCUT2D eigenvalue weighted by Crippen LogP contribution is 2.27. The van der Waals surface area contributed by atoms with E-state index in [1.807, 2.05) is 6.07 Å². The molecule has 0 saturated heterocycles. The highest BCUT2D eigenvalue weighted by atomic mass is 79.9. The number of rotatable bonds is 6. The van der Waals surface area contributed by atoms with Gasteiger partial charge in [0.05, 0.1) is 21.7 Å². The van der Waals surface area contributed by atoms with E-state index in [0.29, 0.717) is 46.1 Å². The van der Waals surface area contributed by atoms with Gasteiger partial charge in [0.25, 0.3) is 0 Å². The molecule has 0 atom stereocenters. The Balaban J connectivity index is 1.68. The fourth-order valence-corrected chi connectivity index (χ4v) is 2.82. The Morgan fingerprint density at radius 1 is 1.04 bits per heavy atom. The molecular weight excluding hydrogens is 438 g/mol. The lowest BCUT2D eigenvalue weighted by molar-refractivity contribution is 0.250. The lowest BCUT2D eigenvalue weighted by Gasteiger charge is -2.10. The van der Waals surface area contributed by atoms with Gasteiger partial charge in [0.2, 0.25) is 0 Å². The van der Waals surface area contributed by atoms with Crippen LogP contribution in [0, 0.1) is 0 Å². The normalized spacial score (nSPS) is 10.3. The van der Waals surface area contributed by atoms with E-state index in [1.165, 1.54) is 0 Å². The quantitative estimate of drug-likeness (QED) is 0.528. The van der Waals surface area contributed by atoms with Crippen molar-refractivity contribution in [2.75, 3.05) is 18.5 Å². The van der Waals surface area contributed by atoms with Crippen LogP contribution in [0.4, 0.5) is 10.5 Å². The summed E-state index contributed by atoms with van der Waals surface area (Å²) in [6.45, 7) is 0.899. The predicted molar refractivity (Wildman–Crippen MR) is 103 cm³/mol. The van der Waals surface area contributed by atoms with E-state index in [4.69, 9.17) is 39.5 Å². The summed E-state index contributed by atoms with van der Waals surface area (Å²) in [4.78, 5) is 11.8. The molecule has 8 heteroatoms. The second-order valence-corrected chi connectivity index (χ2v) is 6.92. The topological polar surface area (TPSA) is 50.4 Å². The summed E-state index contributed by atoms with van der Waals surface area (Å²) in [5, 5.41) is 6.76. The van der Waals surface area contributed by atoms with Gasteiger partial charge in [-0.2, -0.15) is 0 Å². The number of amides is 2. The summed E-state index contributed by atoms with van der Waals surface area (Å²) >= 11 is 21.1. The molecule has 0 fully saturated rings. The van der Waals surface area contributed by atoms with Gasteiger partial charge in [-0.1, -0.05) is 50.7 Å². The van der Waals surface area contributed by atoms with Crippen LogP contribution in [0.15, 0.2) is 40.9 Å². The van der Waals surface area contributed by atoms with Crippen molar-refractivity contribution >= 4 is 62.5 Å². The van der Waals surface area contributed by atoms with E-state index >= 15 is 0 Å². The fourth-order valence-electron chi connectivity index (χ4n) is 1.80. The summed E-state index contributed by atoms with van der Waals surface area (Å²) in [7, 11) is 0.